The highest BCUT2D eigenvalue weighted by Gasteiger charge is 2.48. The number of Topliss-reactive ketones (excluding diaryl/α,β-unsaturated/α-hetero) is 1. The van der Waals surface area contributed by atoms with E-state index in [0.717, 1.165) is 37.5 Å². The van der Waals surface area contributed by atoms with Crippen LogP contribution in [-0.4, -0.2) is 63.1 Å². The van der Waals surface area contributed by atoms with E-state index in [-0.39, 0.29) is 42.7 Å². The third kappa shape index (κ3) is 6.55. The molecule has 2 aromatic heterocycles. The van der Waals surface area contributed by atoms with Crippen molar-refractivity contribution in [2.75, 3.05) is 12.4 Å². The lowest BCUT2D eigenvalue weighted by atomic mass is 9.54. The number of ketones is 1. The Morgan fingerprint density at radius 2 is 1.74 bits per heavy atom. The molecule has 13 nitrogen and oxygen atoms in total. The molecule has 6 rings (SSSR count). The molecule has 222 valence electrons. The summed E-state index contributed by atoms with van der Waals surface area (Å²) in [6.07, 6.45) is 10.8. The monoisotopic (exact) mass is 577 g/mol. The van der Waals surface area contributed by atoms with Crippen molar-refractivity contribution in [2.24, 2.45) is 23.7 Å². The summed E-state index contributed by atoms with van der Waals surface area (Å²) in [5, 5.41) is 10.4. The molecule has 4 bridgehead atoms. The van der Waals surface area contributed by atoms with E-state index in [4.69, 9.17) is 0 Å². The number of rotatable bonds is 11. The van der Waals surface area contributed by atoms with Crippen molar-refractivity contribution < 1.29 is 24.0 Å². The molecule has 1 atom stereocenters. The summed E-state index contributed by atoms with van der Waals surface area (Å²) in [5.41, 5.74) is -0.743. The number of hydrogen-bond donors (Lipinski definition) is 4. The lowest BCUT2D eigenvalue weighted by Crippen LogP contribution is -2.56. The first-order valence-corrected chi connectivity index (χ1v) is 14.3. The van der Waals surface area contributed by atoms with Crippen LogP contribution in [0.4, 0.5) is 5.69 Å². The Balaban J connectivity index is 1.24. The van der Waals surface area contributed by atoms with Crippen molar-refractivity contribution >= 4 is 35.1 Å². The summed E-state index contributed by atoms with van der Waals surface area (Å²) >= 11 is 0. The first-order valence-electron chi connectivity index (χ1n) is 14.3. The van der Waals surface area contributed by atoms with Gasteiger partial charge in [0.05, 0.1) is 6.20 Å². The number of nitrogens with one attached hydrogen (secondary N) is 4. The maximum Gasteiger partial charge on any atom is 0.287 e. The quantitative estimate of drug-likeness (QED) is 0.277. The van der Waals surface area contributed by atoms with Gasteiger partial charge in [0.25, 0.3) is 17.4 Å². The third-order valence-electron chi connectivity index (χ3n) is 8.70. The minimum atomic E-state index is -1.28. The van der Waals surface area contributed by atoms with Crippen LogP contribution >= 0.6 is 0 Å². The van der Waals surface area contributed by atoms with Crippen molar-refractivity contribution in [3.05, 3.63) is 53.0 Å². The van der Waals surface area contributed by atoms with Gasteiger partial charge < -0.3 is 25.8 Å². The molecule has 4 aliphatic carbocycles. The van der Waals surface area contributed by atoms with Gasteiger partial charge in [0.1, 0.15) is 24.0 Å². The number of aromatic nitrogens is 3. The van der Waals surface area contributed by atoms with Crippen LogP contribution in [0.1, 0.15) is 55.4 Å². The summed E-state index contributed by atoms with van der Waals surface area (Å²) in [6, 6.07) is 1.79. The highest BCUT2D eigenvalue weighted by Crippen LogP contribution is 2.53. The van der Waals surface area contributed by atoms with Crippen LogP contribution in [0.3, 0.4) is 0 Å². The van der Waals surface area contributed by atoms with E-state index >= 15 is 0 Å². The van der Waals surface area contributed by atoms with Gasteiger partial charge >= 0.3 is 0 Å². The van der Waals surface area contributed by atoms with E-state index < -0.39 is 35.1 Å². The van der Waals surface area contributed by atoms with Crippen LogP contribution in [0.25, 0.3) is 0 Å². The van der Waals surface area contributed by atoms with Crippen molar-refractivity contribution in [3.63, 3.8) is 0 Å². The summed E-state index contributed by atoms with van der Waals surface area (Å²) in [7, 11) is 1.31. The van der Waals surface area contributed by atoms with Gasteiger partial charge in [-0.3, -0.25) is 33.8 Å². The molecule has 4 N–H and O–H groups in total. The van der Waals surface area contributed by atoms with Crippen molar-refractivity contribution in [2.45, 2.75) is 63.6 Å². The van der Waals surface area contributed by atoms with Gasteiger partial charge in [0.15, 0.2) is 0 Å². The fourth-order valence-electron chi connectivity index (χ4n) is 6.97. The van der Waals surface area contributed by atoms with E-state index in [1.807, 2.05) is 0 Å². The molecular formula is C29H35N7O6. The SMILES string of the molecule is CNC(=O)C(=O)CC[C@H](NC(=O)c1cnccn1)C(=O)Nc1cccn(CC(=O)NC2C3CC4CC(C3)CC2C4)c1=O. The van der Waals surface area contributed by atoms with Crippen LogP contribution in [0.15, 0.2) is 41.7 Å². The molecule has 2 heterocycles. The second kappa shape index (κ2) is 12.6. The van der Waals surface area contributed by atoms with Crippen molar-refractivity contribution in [1.29, 1.82) is 0 Å². The van der Waals surface area contributed by atoms with Crippen LogP contribution in [0.2, 0.25) is 0 Å². The highest BCUT2D eigenvalue weighted by atomic mass is 16.2. The Morgan fingerprint density at radius 3 is 2.38 bits per heavy atom. The number of likely N-dealkylation sites (N-methyl/N-ethyl adjacent to an activating group) is 1. The molecule has 4 aliphatic rings. The van der Waals surface area contributed by atoms with Crippen molar-refractivity contribution in [3.8, 4) is 0 Å². The van der Waals surface area contributed by atoms with E-state index in [0.29, 0.717) is 11.8 Å². The number of anilines is 1. The fourth-order valence-corrected chi connectivity index (χ4v) is 6.97. The van der Waals surface area contributed by atoms with E-state index in [1.165, 1.54) is 55.0 Å². The molecule has 0 saturated heterocycles. The first kappa shape index (κ1) is 29.1. The Labute approximate surface area is 242 Å². The standard InChI is InChI=1S/C29H35N7O6/c1-30-28(41)23(37)5-4-20(33-27(40)22-14-31-6-7-32-22)26(39)34-21-3-2-8-36(29(21)42)15-24(38)35-25-18-10-16-9-17(12-18)13-19(25)11-16/h2-3,6-8,14,16-20,25H,4-5,9-13,15H2,1H3,(H,30,41)(H,33,40)(H,34,39)(H,35,38)/t16?,17?,18?,19?,20-,25?/m0/s1. The number of pyridine rings is 1. The number of nitrogens with zero attached hydrogens (tertiary/aromatic N) is 3. The van der Waals surface area contributed by atoms with E-state index in [1.54, 1.807) is 0 Å². The number of amides is 4. The molecule has 2 aromatic rings. The largest absolute Gasteiger partial charge is 0.353 e. The summed E-state index contributed by atoms with van der Waals surface area (Å²) in [4.78, 5) is 83.5. The van der Waals surface area contributed by atoms with Crippen LogP contribution < -0.4 is 26.8 Å². The smallest absolute Gasteiger partial charge is 0.287 e. The zero-order valence-electron chi connectivity index (χ0n) is 23.4. The molecule has 4 fully saturated rings. The number of hydrogen-bond acceptors (Lipinski definition) is 8. The van der Waals surface area contributed by atoms with Gasteiger partial charge in [-0.1, -0.05) is 0 Å². The maximum atomic E-state index is 13.2. The fraction of sp³-hybridized carbons (Fsp3) is 0.517. The van der Waals surface area contributed by atoms with E-state index in [9.17, 15) is 28.8 Å². The van der Waals surface area contributed by atoms with Gasteiger partial charge in [-0.2, -0.15) is 0 Å². The zero-order chi connectivity index (χ0) is 29.8. The Hall–Kier alpha value is -4.42. The molecule has 0 spiro atoms. The van der Waals surface area contributed by atoms with Crippen LogP contribution in [0.5, 0.6) is 0 Å². The lowest BCUT2D eigenvalue weighted by molar-refractivity contribution is -0.137. The molecule has 0 radical (unpaired) electrons. The minimum Gasteiger partial charge on any atom is -0.353 e. The molecule has 13 heteroatoms. The Bertz CT molecular complexity index is 1400. The molecule has 4 amide bonds. The average Bonchev–Trinajstić information content (AvgIpc) is 2.98. The second-order valence-corrected chi connectivity index (χ2v) is 11.5. The Morgan fingerprint density at radius 1 is 1.02 bits per heavy atom. The lowest BCUT2D eigenvalue weighted by Gasteiger charge is -2.54. The summed E-state index contributed by atoms with van der Waals surface area (Å²) in [6.45, 7) is -0.196. The van der Waals surface area contributed by atoms with Gasteiger partial charge in [0, 0.05) is 38.1 Å². The molecule has 0 aromatic carbocycles. The van der Waals surface area contributed by atoms with Crippen LogP contribution in [0, 0.1) is 23.7 Å². The highest BCUT2D eigenvalue weighted by molar-refractivity contribution is 6.36. The van der Waals surface area contributed by atoms with Gasteiger partial charge in [0.2, 0.25) is 17.6 Å². The average molecular weight is 578 g/mol. The van der Waals surface area contributed by atoms with E-state index in [2.05, 4.69) is 31.2 Å². The maximum absolute atomic E-state index is 13.2. The predicted molar refractivity (Wildman–Crippen MR) is 150 cm³/mol. The topological polar surface area (TPSA) is 181 Å². The van der Waals surface area contributed by atoms with Gasteiger partial charge in [-0.25, -0.2) is 4.98 Å². The molecule has 0 unspecified atom stereocenters. The third-order valence-corrected chi connectivity index (χ3v) is 8.70. The second-order valence-electron chi connectivity index (χ2n) is 11.5. The molecule has 42 heavy (non-hydrogen) atoms. The predicted octanol–water partition coefficient (Wildman–Crippen LogP) is 0.412. The normalized spacial score (nSPS) is 24.4. The number of carbonyl (C=O) groups excluding carboxylic acids is 5. The van der Waals surface area contributed by atoms with Gasteiger partial charge in [-0.15, -0.1) is 0 Å². The number of carbonyl (C=O) groups is 5. The molecule has 4 saturated carbocycles. The van der Waals surface area contributed by atoms with Crippen molar-refractivity contribution in [1.82, 2.24) is 30.5 Å². The first-order chi connectivity index (χ1) is 20.2. The van der Waals surface area contributed by atoms with Gasteiger partial charge in [-0.05, 0) is 74.3 Å². The summed E-state index contributed by atoms with van der Waals surface area (Å²) in [5.74, 6) is -0.788. The van der Waals surface area contributed by atoms with Crippen LogP contribution in [-0.2, 0) is 25.7 Å². The molecular weight excluding hydrogens is 542 g/mol. The minimum absolute atomic E-state index is 0.0554. The Kier molecular flexibility index (Phi) is 8.74. The zero-order valence-corrected chi connectivity index (χ0v) is 23.4. The molecule has 0 aliphatic heterocycles. The summed E-state index contributed by atoms with van der Waals surface area (Å²) < 4.78 is 1.23.